The second-order valence-corrected chi connectivity index (χ2v) is 8.19. The molecule has 4 heterocycles. The standard InChI is InChI=1S/C21H26N4O/c26-21(23-20-14-24-8-6-16(20)7-9-24)18-3-1-2-17(10-18)19-11-22-25(13-19)12-15-4-5-15/h1-3,10-11,13,15-16,20H,4-9,12,14H2,(H,23,26). The van der Waals surface area contributed by atoms with E-state index >= 15 is 0 Å². The average Bonchev–Trinajstić information content (AvgIpc) is 3.37. The van der Waals surface area contributed by atoms with Crippen LogP contribution >= 0.6 is 0 Å². The number of carbonyl (C=O) groups is 1. The smallest absolute Gasteiger partial charge is 0.251 e. The Kier molecular flexibility index (Phi) is 4.04. The zero-order valence-corrected chi connectivity index (χ0v) is 15.1. The summed E-state index contributed by atoms with van der Waals surface area (Å²) in [7, 11) is 0. The highest BCUT2D eigenvalue weighted by atomic mass is 16.1. The molecule has 26 heavy (non-hydrogen) atoms. The monoisotopic (exact) mass is 350 g/mol. The Balaban J connectivity index is 1.29. The third-order valence-corrected chi connectivity index (χ3v) is 6.21. The van der Waals surface area contributed by atoms with Gasteiger partial charge in [-0.3, -0.25) is 9.48 Å². The van der Waals surface area contributed by atoms with E-state index in [1.54, 1.807) is 0 Å². The van der Waals surface area contributed by atoms with Crippen LogP contribution in [0.4, 0.5) is 0 Å². The van der Waals surface area contributed by atoms with Crippen LogP contribution in [0.15, 0.2) is 36.7 Å². The number of carbonyl (C=O) groups excluding carboxylic acids is 1. The minimum Gasteiger partial charge on any atom is -0.348 e. The summed E-state index contributed by atoms with van der Waals surface area (Å²) in [4.78, 5) is 15.2. The third kappa shape index (κ3) is 3.28. The first kappa shape index (κ1) is 16.1. The van der Waals surface area contributed by atoms with Gasteiger partial charge in [0.05, 0.1) is 6.20 Å². The van der Waals surface area contributed by atoms with Crippen LogP contribution in [0.25, 0.3) is 11.1 Å². The van der Waals surface area contributed by atoms with Crippen LogP contribution in [0.2, 0.25) is 0 Å². The number of aromatic nitrogens is 2. The van der Waals surface area contributed by atoms with Crippen LogP contribution in [-0.2, 0) is 6.54 Å². The fourth-order valence-electron chi connectivity index (χ4n) is 4.40. The molecule has 1 N–H and O–H groups in total. The first-order valence-electron chi connectivity index (χ1n) is 9.91. The van der Waals surface area contributed by atoms with Crippen molar-refractivity contribution in [2.45, 2.75) is 38.3 Å². The van der Waals surface area contributed by atoms with E-state index in [0.29, 0.717) is 12.0 Å². The lowest BCUT2D eigenvalue weighted by Gasteiger charge is -2.44. The number of fused-ring (bicyclic) bond motifs is 3. The summed E-state index contributed by atoms with van der Waals surface area (Å²) in [6.07, 6.45) is 9.08. The van der Waals surface area contributed by atoms with E-state index in [1.807, 2.05) is 29.1 Å². The molecule has 1 aromatic heterocycles. The van der Waals surface area contributed by atoms with Crippen molar-refractivity contribution in [3.63, 3.8) is 0 Å². The van der Waals surface area contributed by atoms with Crippen LogP contribution in [0.3, 0.4) is 0 Å². The Labute approximate surface area is 154 Å². The molecule has 0 spiro atoms. The van der Waals surface area contributed by atoms with Crippen molar-refractivity contribution >= 4 is 5.91 Å². The molecule has 3 aliphatic heterocycles. The molecule has 5 nitrogen and oxygen atoms in total. The van der Waals surface area contributed by atoms with E-state index in [2.05, 4.69) is 27.6 Å². The molecule has 1 saturated carbocycles. The zero-order valence-electron chi connectivity index (χ0n) is 15.1. The van der Waals surface area contributed by atoms with Gasteiger partial charge in [0.25, 0.3) is 5.91 Å². The molecule has 3 saturated heterocycles. The quantitative estimate of drug-likeness (QED) is 0.902. The van der Waals surface area contributed by atoms with Crippen molar-refractivity contribution in [2.24, 2.45) is 11.8 Å². The van der Waals surface area contributed by atoms with Crippen molar-refractivity contribution in [2.75, 3.05) is 19.6 Å². The van der Waals surface area contributed by atoms with E-state index in [0.717, 1.165) is 35.7 Å². The van der Waals surface area contributed by atoms with Crippen LogP contribution < -0.4 is 5.32 Å². The number of hydrogen-bond acceptors (Lipinski definition) is 3. The molecule has 136 valence electrons. The van der Waals surface area contributed by atoms with Gasteiger partial charge < -0.3 is 10.2 Å². The predicted octanol–water partition coefficient (Wildman–Crippen LogP) is 2.78. The summed E-state index contributed by atoms with van der Waals surface area (Å²) >= 11 is 0. The Morgan fingerprint density at radius 1 is 1.15 bits per heavy atom. The molecule has 5 heteroatoms. The molecule has 1 unspecified atom stereocenters. The molecule has 4 fully saturated rings. The summed E-state index contributed by atoms with van der Waals surface area (Å²) in [6.45, 7) is 4.40. The van der Waals surface area contributed by atoms with Crippen LogP contribution in [0.5, 0.6) is 0 Å². The Hall–Kier alpha value is -2.14. The minimum atomic E-state index is 0.0518. The lowest BCUT2D eigenvalue weighted by molar-refractivity contribution is 0.0620. The van der Waals surface area contributed by atoms with Crippen LogP contribution in [0.1, 0.15) is 36.0 Å². The number of amides is 1. The SMILES string of the molecule is O=C(NC1CN2CCC1CC2)c1cccc(-c2cnn(CC3CC3)c2)c1. The largest absolute Gasteiger partial charge is 0.348 e. The van der Waals surface area contributed by atoms with Crippen molar-refractivity contribution in [3.8, 4) is 11.1 Å². The van der Waals surface area contributed by atoms with Crippen molar-refractivity contribution in [3.05, 3.63) is 42.2 Å². The number of benzene rings is 1. The highest BCUT2D eigenvalue weighted by molar-refractivity contribution is 5.95. The summed E-state index contributed by atoms with van der Waals surface area (Å²) in [5.41, 5.74) is 2.89. The molecule has 2 aromatic rings. The molecule has 0 radical (unpaired) electrons. The van der Waals surface area contributed by atoms with Gasteiger partial charge in [-0.1, -0.05) is 12.1 Å². The van der Waals surface area contributed by atoms with Crippen molar-refractivity contribution < 1.29 is 4.79 Å². The van der Waals surface area contributed by atoms with E-state index in [1.165, 1.54) is 38.8 Å². The first-order chi connectivity index (χ1) is 12.7. The van der Waals surface area contributed by atoms with Gasteiger partial charge in [-0.05, 0) is 68.3 Å². The molecular formula is C21H26N4O. The molecule has 1 aliphatic carbocycles. The topological polar surface area (TPSA) is 50.2 Å². The Morgan fingerprint density at radius 2 is 2.00 bits per heavy atom. The number of nitrogens with one attached hydrogen (secondary N) is 1. The maximum atomic E-state index is 12.8. The Morgan fingerprint density at radius 3 is 2.73 bits per heavy atom. The molecule has 1 aromatic carbocycles. The summed E-state index contributed by atoms with van der Waals surface area (Å²) in [5.74, 6) is 1.50. The van der Waals surface area contributed by atoms with Gasteiger partial charge in [-0.25, -0.2) is 0 Å². The molecule has 2 bridgehead atoms. The minimum absolute atomic E-state index is 0.0518. The maximum Gasteiger partial charge on any atom is 0.251 e. The lowest BCUT2D eigenvalue weighted by atomic mass is 9.84. The third-order valence-electron chi connectivity index (χ3n) is 6.21. The number of rotatable bonds is 5. The van der Waals surface area contributed by atoms with Gasteiger partial charge in [0.1, 0.15) is 0 Å². The van der Waals surface area contributed by atoms with Crippen molar-refractivity contribution in [1.29, 1.82) is 0 Å². The molecule has 1 amide bonds. The van der Waals surface area contributed by atoms with Gasteiger partial charge in [0.15, 0.2) is 0 Å². The highest BCUT2D eigenvalue weighted by Crippen LogP contribution is 2.31. The summed E-state index contributed by atoms with van der Waals surface area (Å²) in [5, 5.41) is 7.76. The Bertz CT molecular complexity index is 802. The maximum absolute atomic E-state index is 12.8. The second kappa shape index (κ2) is 6.54. The van der Waals surface area contributed by atoms with E-state index < -0.39 is 0 Å². The van der Waals surface area contributed by atoms with E-state index in [4.69, 9.17) is 0 Å². The molecule has 1 atom stereocenters. The lowest BCUT2D eigenvalue weighted by Crippen LogP contribution is -2.57. The highest BCUT2D eigenvalue weighted by Gasteiger charge is 2.34. The fourth-order valence-corrected chi connectivity index (χ4v) is 4.40. The molecular weight excluding hydrogens is 324 g/mol. The zero-order chi connectivity index (χ0) is 17.5. The second-order valence-electron chi connectivity index (χ2n) is 8.19. The number of nitrogens with zero attached hydrogens (tertiary/aromatic N) is 3. The van der Waals surface area contributed by atoms with Gasteiger partial charge in [0.2, 0.25) is 0 Å². The molecule has 6 rings (SSSR count). The predicted molar refractivity (Wildman–Crippen MR) is 101 cm³/mol. The summed E-state index contributed by atoms with van der Waals surface area (Å²) in [6, 6.07) is 8.24. The molecule has 4 aliphatic rings. The van der Waals surface area contributed by atoms with Gasteiger partial charge in [-0.15, -0.1) is 0 Å². The van der Waals surface area contributed by atoms with Crippen molar-refractivity contribution in [1.82, 2.24) is 20.0 Å². The van der Waals surface area contributed by atoms with Gasteiger partial charge in [-0.2, -0.15) is 5.10 Å². The van der Waals surface area contributed by atoms with E-state index in [9.17, 15) is 4.79 Å². The normalized spacial score (nSPS) is 27.5. The first-order valence-corrected chi connectivity index (χ1v) is 9.91. The summed E-state index contributed by atoms with van der Waals surface area (Å²) < 4.78 is 2.03. The number of hydrogen-bond donors (Lipinski definition) is 1. The fraction of sp³-hybridized carbons (Fsp3) is 0.524. The van der Waals surface area contributed by atoms with Crippen LogP contribution in [-0.4, -0.2) is 46.3 Å². The van der Waals surface area contributed by atoms with Gasteiger partial charge >= 0.3 is 0 Å². The average molecular weight is 350 g/mol. The van der Waals surface area contributed by atoms with E-state index in [-0.39, 0.29) is 5.91 Å². The van der Waals surface area contributed by atoms with Gasteiger partial charge in [0, 0.05) is 36.5 Å². The van der Waals surface area contributed by atoms with Crippen LogP contribution in [0, 0.1) is 11.8 Å². The number of piperidine rings is 3.